The van der Waals surface area contributed by atoms with Crippen LogP contribution in [0.25, 0.3) is 0 Å². The van der Waals surface area contributed by atoms with E-state index in [1.165, 1.54) is 0 Å². The number of ether oxygens (including phenoxy) is 2. The van der Waals surface area contributed by atoms with E-state index in [9.17, 15) is 9.59 Å². The minimum Gasteiger partial charge on any atom is -0.486 e. The monoisotopic (exact) mass is 368 g/mol. The molecule has 0 aromatic heterocycles. The van der Waals surface area contributed by atoms with Gasteiger partial charge in [-0.25, -0.2) is 5.43 Å². The van der Waals surface area contributed by atoms with Crippen LogP contribution < -0.4 is 25.9 Å². The number of nitrogens with zero attached hydrogens (tertiary/aromatic N) is 1. The zero-order chi connectivity index (χ0) is 19.2. The molecule has 0 saturated carbocycles. The van der Waals surface area contributed by atoms with Crippen molar-refractivity contribution >= 4 is 28.9 Å². The van der Waals surface area contributed by atoms with Crippen LogP contribution in [0.2, 0.25) is 0 Å². The van der Waals surface area contributed by atoms with Gasteiger partial charge in [0.05, 0.1) is 12.0 Å². The average Bonchev–Trinajstić information content (AvgIpc) is 2.66. The van der Waals surface area contributed by atoms with Crippen LogP contribution in [0.1, 0.15) is 23.7 Å². The molecule has 2 aromatic rings. The number of carbonyl (C=O) groups excluding carboxylic acids is 2. The minimum absolute atomic E-state index is 0.0268. The van der Waals surface area contributed by atoms with Gasteiger partial charge in [-0.2, -0.15) is 5.10 Å². The first kappa shape index (κ1) is 18.2. The highest BCUT2D eigenvalue weighted by atomic mass is 16.6. The maximum absolute atomic E-state index is 12.2. The van der Waals surface area contributed by atoms with Gasteiger partial charge in [0.25, 0.3) is 5.91 Å². The van der Waals surface area contributed by atoms with Crippen molar-refractivity contribution in [3.8, 4) is 11.5 Å². The van der Waals surface area contributed by atoms with Crippen LogP contribution in [0.3, 0.4) is 0 Å². The second kappa shape index (κ2) is 8.22. The number of carbonyl (C=O) groups is 2. The van der Waals surface area contributed by atoms with E-state index >= 15 is 0 Å². The molecule has 0 bridgehead atoms. The fourth-order valence-corrected chi connectivity index (χ4v) is 2.51. The van der Waals surface area contributed by atoms with Gasteiger partial charge in [0.2, 0.25) is 5.91 Å². The molecule has 1 aliphatic heterocycles. The second-order valence-electron chi connectivity index (χ2n) is 5.96. The predicted octanol–water partition coefficient (Wildman–Crippen LogP) is 2.17. The third kappa shape index (κ3) is 4.75. The van der Waals surface area contributed by atoms with Gasteiger partial charge < -0.3 is 20.5 Å². The number of nitrogens with two attached hydrogens (primary N) is 1. The zero-order valence-electron chi connectivity index (χ0n) is 14.8. The normalized spacial score (nSPS) is 13.0. The first-order valence-corrected chi connectivity index (χ1v) is 8.40. The van der Waals surface area contributed by atoms with Gasteiger partial charge in [0.1, 0.15) is 13.2 Å². The Kier molecular flexibility index (Phi) is 5.55. The van der Waals surface area contributed by atoms with Crippen molar-refractivity contribution in [2.24, 2.45) is 5.10 Å². The molecule has 2 amide bonds. The van der Waals surface area contributed by atoms with E-state index in [4.69, 9.17) is 15.2 Å². The molecule has 0 radical (unpaired) electrons. The molecule has 2 aromatic carbocycles. The number of fused-ring (bicyclic) bond motifs is 1. The van der Waals surface area contributed by atoms with Crippen LogP contribution in [0.5, 0.6) is 11.5 Å². The molecular weight excluding hydrogens is 348 g/mol. The van der Waals surface area contributed by atoms with Crippen LogP contribution in [-0.2, 0) is 4.79 Å². The third-order valence-corrected chi connectivity index (χ3v) is 3.80. The molecular formula is C19H20N4O4. The first-order chi connectivity index (χ1) is 13.0. The molecule has 1 heterocycles. The summed E-state index contributed by atoms with van der Waals surface area (Å²) in [4.78, 5) is 24.2. The number of nitrogens with one attached hydrogen (secondary N) is 2. The zero-order valence-corrected chi connectivity index (χ0v) is 14.8. The minimum atomic E-state index is -0.431. The van der Waals surface area contributed by atoms with Crippen molar-refractivity contribution in [3.63, 3.8) is 0 Å². The lowest BCUT2D eigenvalue weighted by molar-refractivity contribution is -0.115. The molecule has 8 heteroatoms. The van der Waals surface area contributed by atoms with Crippen LogP contribution in [0, 0.1) is 0 Å². The molecule has 0 fully saturated rings. The molecule has 0 atom stereocenters. The Morgan fingerprint density at radius 3 is 2.63 bits per heavy atom. The maximum Gasteiger partial charge on any atom is 0.273 e. The SMILES string of the molecule is C/C(CC(=O)Nc1ccc2c(c1)OCCO2)=N/NC(=O)c1ccccc1N. The molecule has 27 heavy (non-hydrogen) atoms. The van der Waals surface area contributed by atoms with Crippen molar-refractivity contribution in [1.29, 1.82) is 0 Å². The first-order valence-electron chi connectivity index (χ1n) is 8.40. The average molecular weight is 368 g/mol. The van der Waals surface area contributed by atoms with E-state index in [2.05, 4.69) is 15.8 Å². The Balaban J connectivity index is 1.55. The Hall–Kier alpha value is -3.55. The van der Waals surface area contributed by atoms with E-state index in [-0.39, 0.29) is 12.3 Å². The summed E-state index contributed by atoms with van der Waals surface area (Å²) in [6, 6.07) is 11.9. The Morgan fingerprint density at radius 1 is 1.11 bits per heavy atom. The van der Waals surface area contributed by atoms with Gasteiger partial charge in [-0.05, 0) is 31.2 Å². The molecule has 8 nitrogen and oxygen atoms in total. The molecule has 140 valence electrons. The van der Waals surface area contributed by atoms with Gasteiger partial charge in [0, 0.05) is 23.2 Å². The largest absolute Gasteiger partial charge is 0.486 e. The van der Waals surface area contributed by atoms with Crippen molar-refractivity contribution < 1.29 is 19.1 Å². The number of anilines is 2. The van der Waals surface area contributed by atoms with E-state index in [0.29, 0.717) is 47.4 Å². The Labute approximate surface area is 156 Å². The number of nitrogen functional groups attached to an aromatic ring is 1. The van der Waals surface area contributed by atoms with E-state index in [0.717, 1.165) is 0 Å². The van der Waals surface area contributed by atoms with Gasteiger partial charge in [-0.15, -0.1) is 0 Å². The smallest absolute Gasteiger partial charge is 0.273 e. The fourth-order valence-electron chi connectivity index (χ4n) is 2.51. The van der Waals surface area contributed by atoms with Crippen molar-refractivity contribution in [2.75, 3.05) is 24.3 Å². The number of hydrogen-bond donors (Lipinski definition) is 3. The van der Waals surface area contributed by atoms with Crippen LogP contribution >= 0.6 is 0 Å². The summed E-state index contributed by atoms with van der Waals surface area (Å²) in [5.41, 5.74) is 9.89. The van der Waals surface area contributed by atoms with Gasteiger partial charge in [0.15, 0.2) is 11.5 Å². The van der Waals surface area contributed by atoms with Crippen molar-refractivity contribution in [1.82, 2.24) is 5.43 Å². The summed E-state index contributed by atoms with van der Waals surface area (Å²) < 4.78 is 10.9. The van der Waals surface area contributed by atoms with Gasteiger partial charge >= 0.3 is 0 Å². The summed E-state index contributed by atoms with van der Waals surface area (Å²) >= 11 is 0. The summed E-state index contributed by atoms with van der Waals surface area (Å²) in [5.74, 6) is 0.554. The molecule has 0 spiro atoms. The highest BCUT2D eigenvalue weighted by Gasteiger charge is 2.13. The Morgan fingerprint density at radius 2 is 1.85 bits per heavy atom. The molecule has 4 N–H and O–H groups in total. The number of rotatable bonds is 5. The fraction of sp³-hybridized carbons (Fsp3) is 0.211. The van der Waals surface area contributed by atoms with E-state index in [1.54, 1.807) is 49.4 Å². The number of para-hydroxylation sites is 1. The second-order valence-corrected chi connectivity index (χ2v) is 5.96. The lowest BCUT2D eigenvalue weighted by Crippen LogP contribution is -2.22. The molecule has 3 rings (SSSR count). The molecule has 0 saturated heterocycles. The van der Waals surface area contributed by atoms with Crippen LogP contribution in [0.15, 0.2) is 47.6 Å². The van der Waals surface area contributed by atoms with Crippen LogP contribution in [0.4, 0.5) is 11.4 Å². The standard InChI is InChI=1S/C19H20N4O4/c1-12(22-23-19(25)14-4-2-3-5-15(14)20)10-18(24)21-13-6-7-16-17(11-13)27-9-8-26-16/h2-7,11H,8-10,20H2,1H3,(H,21,24)(H,23,25)/b22-12-. The van der Waals surface area contributed by atoms with Crippen molar-refractivity contribution in [3.05, 3.63) is 48.0 Å². The number of benzene rings is 2. The van der Waals surface area contributed by atoms with Crippen molar-refractivity contribution in [2.45, 2.75) is 13.3 Å². The summed E-state index contributed by atoms with van der Waals surface area (Å²) in [6.45, 7) is 2.63. The molecule has 0 aliphatic carbocycles. The molecule has 1 aliphatic rings. The topological polar surface area (TPSA) is 115 Å². The van der Waals surface area contributed by atoms with Crippen LogP contribution in [-0.4, -0.2) is 30.7 Å². The molecule has 0 unspecified atom stereocenters. The Bertz CT molecular complexity index is 895. The quantitative estimate of drug-likeness (QED) is 0.425. The highest BCUT2D eigenvalue weighted by Crippen LogP contribution is 2.32. The lowest BCUT2D eigenvalue weighted by atomic mass is 10.2. The summed E-state index contributed by atoms with van der Waals surface area (Å²) in [7, 11) is 0. The third-order valence-electron chi connectivity index (χ3n) is 3.80. The highest BCUT2D eigenvalue weighted by molar-refractivity contribution is 6.06. The number of hydrogen-bond acceptors (Lipinski definition) is 6. The van der Waals surface area contributed by atoms with Gasteiger partial charge in [-0.1, -0.05) is 12.1 Å². The van der Waals surface area contributed by atoms with E-state index < -0.39 is 5.91 Å². The summed E-state index contributed by atoms with van der Waals surface area (Å²) in [5, 5.41) is 6.71. The number of amides is 2. The lowest BCUT2D eigenvalue weighted by Gasteiger charge is -2.19. The number of hydrazone groups is 1. The summed E-state index contributed by atoms with van der Waals surface area (Å²) in [6.07, 6.45) is 0.0268. The predicted molar refractivity (Wildman–Crippen MR) is 102 cm³/mol. The van der Waals surface area contributed by atoms with E-state index in [1.807, 2.05) is 0 Å². The van der Waals surface area contributed by atoms with Gasteiger partial charge in [-0.3, -0.25) is 9.59 Å². The maximum atomic E-state index is 12.2.